The van der Waals surface area contributed by atoms with Gasteiger partial charge in [0.2, 0.25) is 11.8 Å². The number of fused-ring (bicyclic) bond motifs is 1. The summed E-state index contributed by atoms with van der Waals surface area (Å²) in [5.74, 6) is -2.57. The van der Waals surface area contributed by atoms with Crippen LogP contribution in [0, 0.1) is 0 Å². The molecule has 1 heterocycles. The standard InChI is InChI=1S/C26H27F3N4O6S2/c1-39-10-11-41(37,38)22(24(36)30-13-21(34)32-18-7-8-18)25-33-19-9-6-17(12-20(19)40-25)15-2-4-16(5-3-15)23(35)31-14-26(27,28)29/h2-6,9,12,18,22H,7-8,10-11,13-14H2,1H3,(H,30,36)(H,31,35)(H,32,34). The zero-order valence-corrected chi connectivity index (χ0v) is 23.4. The summed E-state index contributed by atoms with van der Waals surface area (Å²) in [6.07, 6.45) is -2.79. The molecule has 0 bridgehead atoms. The maximum Gasteiger partial charge on any atom is 0.405 e. The van der Waals surface area contributed by atoms with Crippen molar-refractivity contribution in [2.24, 2.45) is 0 Å². The van der Waals surface area contributed by atoms with E-state index in [0.29, 0.717) is 21.3 Å². The Labute approximate surface area is 237 Å². The monoisotopic (exact) mass is 612 g/mol. The molecule has 3 amide bonds. The smallest absolute Gasteiger partial charge is 0.384 e. The van der Waals surface area contributed by atoms with Gasteiger partial charge in [-0.3, -0.25) is 14.4 Å². The van der Waals surface area contributed by atoms with Crippen LogP contribution in [0.15, 0.2) is 42.5 Å². The van der Waals surface area contributed by atoms with Crippen molar-refractivity contribution >= 4 is 49.1 Å². The molecule has 1 unspecified atom stereocenters. The van der Waals surface area contributed by atoms with Gasteiger partial charge in [0.25, 0.3) is 5.91 Å². The van der Waals surface area contributed by atoms with Crippen molar-refractivity contribution in [1.82, 2.24) is 20.9 Å². The molecule has 10 nitrogen and oxygen atoms in total. The predicted octanol–water partition coefficient (Wildman–Crippen LogP) is 2.75. The highest BCUT2D eigenvalue weighted by atomic mass is 32.2. The van der Waals surface area contributed by atoms with Gasteiger partial charge >= 0.3 is 6.18 Å². The number of sulfone groups is 1. The highest BCUT2D eigenvalue weighted by Crippen LogP contribution is 2.34. The number of nitrogens with zero attached hydrogens (tertiary/aromatic N) is 1. The second-order valence-corrected chi connectivity index (χ2v) is 12.7. The lowest BCUT2D eigenvalue weighted by atomic mass is 10.0. The number of thiazole rings is 1. The van der Waals surface area contributed by atoms with Gasteiger partial charge in [-0.15, -0.1) is 11.3 Å². The molecule has 3 aromatic rings. The van der Waals surface area contributed by atoms with Crippen LogP contribution in [0.25, 0.3) is 21.3 Å². The molecule has 1 atom stereocenters. The Morgan fingerprint density at radius 3 is 2.39 bits per heavy atom. The first-order chi connectivity index (χ1) is 19.4. The molecule has 15 heteroatoms. The number of benzene rings is 2. The second kappa shape index (κ2) is 12.5. The second-order valence-electron chi connectivity index (χ2n) is 9.41. The van der Waals surface area contributed by atoms with E-state index in [-0.39, 0.29) is 29.8 Å². The molecule has 0 spiro atoms. The summed E-state index contributed by atoms with van der Waals surface area (Å²) in [6, 6.07) is 11.1. The van der Waals surface area contributed by atoms with Gasteiger partial charge in [-0.1, -0.05) is 18.2 Å². The first-order valence-corrected chi connectivity index (χ1v) is 15.0. The molecule has 3 N–H and O–H groups in total. The summed E-state index contributed by atoms with van der Waals surface area (Å²) in [7, 11) is -2.72. The van der Waals surface area contributed by atoms with Crippen LogP contribution in [-0.2, 0) is 24.2 Å². The van der Waals surface area contributed by atoms with Gasteiger partial charge in [0.05, 0.1) is 29.1 Å². The molecular formula is C26H27F3N4O6S2. The van der Waals surface area contributed by atoms with E-state index in [9.17, 15) is 36.0 Å². The van der Waals surface area contributed by atoms with Crippen molar-refractivity contribution in [1.29, 1.82) is 0 Å². The van der Waals surface area contributed by atoms with Crippen molar-refractivity contribution in [3.63, 3.8) is 0 Å². The number of ether oxygens (including phenoxy) is 1. The molecule has 1 aromatic heterocycles. The summed E-state index contributed by atoms with van der Waals surface area (Å²) < 4.78 is 68.9. The molecule has 41 heavy (non-hydrogen) atoms. The number of carbonyl (C=O) groups excluding carboxylic acids is 3. The minimum absolute atomic E-state index is 0.0324. The number of carbonyl (C=O) groups is 3. The van der Waals surface area contributed by atoms with E-state index in [2.05, 4.69) is 15.6 Å². The minimum Gasteiger partial charge on any atom is -0.384 e. The van der Waals surface area contributed by atoms with E-state index >= 15 is 0 Å². The van der Waals surface area contributed by atoms with Gasteiger partial charge in [0.1, 0.15) is 11.6 Å². The fraction of sp³-hybridized carbons (Fsp3) is 0.385. The summed E-state index contributed by atoms with van der Waals surface area (Å²) in [5.41, 5.74) is 1.83. The lowest BCUT2D eigenvalue weighted by molar-refractivity contribution is -0.126. The van der Waals surface area contributed by atoms with E-state index in [4.69, 9.17) is 4.74 Å². The first-order valence-electron chi connectivity index (χ1n) is 12.5. The predicted molar refractivity (Wildman–Crippen MR) is 146 cm³/mol. The molecule has 0 radical (unpaired) electrons. The maximum absolute atomic E-state index is 13.1. The number of nitrogens with one attached hydrogen (secondary N) is 3. The van der Waals surface area contributed by atoms with Gasteiger partial charge < -0.3 is 20.7 Å². The van der Waals surface area contributed by atoms with Gasteiger partial charge in [0.15, 0.2) is 15.1 Å². The van der Waals surface area contributed by atoms with E-state index in [1.807, 2.05) is 5.32 Å². The topological polar surface area (TPSA) is 144 Å². The van der Waals surface area contributed by atoms with Crippen molar-refractivity contribution in [2.45, 2.75) is 30.3 Å². The van der Waals surface area contributed by atoms with Gasteiger partial charge in [-0.05, 0) is 48.2 Å². The molecule has 1 saturated carbocycles. The normalized spacial score (nSPS) is 14.4. The molecule has 1 aliphatic carbocycles. The number of rotatable bonds is 12. The number of hydrogen-bond acceptors (Lipinski definition) is 8. The van der Waals surface area contributed by atoms with E-state index in [1.165, 1.54) is 19.2 Å². The third-order valence-corrected chi connectivity index (χ3v) is 9.22. The maximum atomic E-state index is 13.1. The van der Waals surface area contributed by atoms with Crippen LogP contribution in [-0.4, -0.2) is 75.9 Å². The Morgan fingerprint density at radius 1 is 1.07 bits per heavy atom. The SMILES string of the molecule is COCCS(=O)(=O)C(C(=O)NCC(=O)NC1CC1)c1nc2ccc(-c3ccc(C(=O)NCC(F)(F)F)cc3)cc2s1. The highest BCUT2D eigenvalue weighted by Gasteiger charge is 2.37. The molecular weight excluding hydrogens is 585 g/mol. The Morgan fingerprint density at radius 2 is 1.76 bits per heavy atom. The van der Waals surface area contributed by atoms with Gasteiger partial charge in [0, 0.05) is 18.7 Å². The molecule has 1 aliphatic rings. The summed E-state index contributed by atoms with van der Waals surface area (Å²) in [4.78, 5) is 41.5. The van der Waals surface area contributed by atoms with Crippen molar-refractivity contribution < 1.29 is 40.7 Å². The average Bonchev–Trinajstić information content (AvgIpc) is 3.64. The Kier molecular flexibility index (Phi) is 9.29. The molecule has 4 rings (SSSR count). The first kappa shape index (κ1) is 30.4. The summed E-state index contributed by atoms with van der Waals surface area (Å²) >= 11 is 1.01. The third kappa shape index (κ3) is 8.24. The van der Waals surface area contributed by atoms with Crippen LogP contribution < -0.4 is 16.0 Å². The number of amides is 3. The fourth-order valence-electron chi connectivity index (χ4n) is 3.84. The molecule has 1 fully saturated rings. The summed E-state index contributed by atoms with van der Waals surface area (Å²) in [6.45, 7) is -1.94. The lowest BCUT2D eigenvalue weighted by Crippen LogP contribution is -2.41. The Hall–Kier alpha value is -3.56. The van der Waals surface area contributed by atoms with Gasteiger partial charge in [-0.2, -0.15) is 13.2 Å². The highest BCUT2D eigenvalue weighted by molar-refractivity contribution is 7.92. The van der Waals surface area contributed by atoms with Crippen LogP contribution in [0.2, 0.25) is 0 Å². The summed E-state index contributed by atoms with van der Waals surface area (Å²) in [5, 5.41) is 5.33. The van der Waals surface area contributed by atoms with Crippen molar-refractivity contribution in [3.05, 3.63) is 53.0 Å². The number of halogens is 3. The third-order valence-electron chi connectivity index (χ3n) is 6.09. The van der Waals surface area contributed by atoms with Gasteiger partial charge in [-0.25, -0.2) is 13.4 Å². The van der Waals surface area contributed by atoms with Crippen molar-refractivity contribution in [2.75, 3.05) is 32.6 Å². The minimum atomic E-state index is -4.52. The number of aromatic nitrogens is 1. The zero-order valence-electron chi connectivity index (χ0n) is 21.8. The van der Waals surface area contributed by atoms with Crippen LogP contribution in [0.4, 0.5) is 13.2 Å². The number of hydrogen-bond donors (Lipinski definition) is 3. The Balaban J connectivity index is 1.55. The van der Waals surface area contributed by atoms with E-state index in [1.54, 1.807) is 30.3 Å². The number of alkyl halides is 3. The molecule has 2 aromatic carbocycles. The zero-order chi connectivity index (χ0) is 29.8. The fourth-order valence-corrected chi connectivity index (χ4v) is 6.82. The lowest BCUT2D eigenvalue weighted by Gasteiger charge is -2.15. The van der Waals surface area contributed by atoms with Crippen molar-refractivity contribution in [3.8, 4) is 11.1 Å². The van der Waals surface area contributed by atoms with Crippen LogP contribution in [0.1, 0.15) is 33.5 Å². The van der Waals surface area contributed by atoms with E-state index < -0.39 is 51.3 Å². The molecule has 0 saturated heterocycles. The van der Waals surface area contributed by atoms with Crippen LogP contribution >= 0.6 is 11.3 Å². The quantitative estimate of drug-likeness (QED) is 0.285. The van der Waals surface area contributed by atoms with Crippen LogP contribution in [0.5, 0.6) is 0 Å². The van der Waals surface area contributed by atoms with E-state index in [0.717, 1.165) is 24.2 Å². The molecule has 220 valence electrons. The molecule has 0 aliphatic heterocycles. The Bertz CT molecular complexity index is 1540. The van der Waals surface area contributed by atoms with Crippen LogP contribution in [0.3, 0.4) is 0 Å². The largest absolute Gasteiger partial charge is 0.405 e. The average molecular weight is 613 g/mol. The number of methoxy groups -OCH3 is 1.